The van der Waals surface area contributed by atoms with Gasteiger partial charge >= 0.3 is 0 Å². The van der Waals surface area contributed by atoms with Crippen LogP contribution < -0.4 is 10.4 Å². The minimum atomic E-state index is -2.42. The van der Waals surface area contributed by atoms with E-state index in [0.717, 1.165) is 3.39 Å². The third-order valence-electron chi connectivity index (χ3n) is 4.39. The number of hydrogen-bond acceptors (Lipinski definition) is 1. The van der Waals surface area contributed by atoms with E-state index in [0.29, 0.717) is 12.5 Å². The molecule has 0 amide bonds. The molecule has 134 valence electrons. The van der Waals surface area contributed by atoms with Crippen LogP contribution in [-0.4, -0.2) is 14.9 Å². The number of benzene rings is 2. The highest BCUT2D eigenvalue weighted by Crippen LogP contribution is 2.37. The van der Waals surface area contributed by atoms with Gasteiger partial charge in [-0.15, -0.1) is 0 Å². The van der Waals surface area contributed by atoms with Crippen molar-refractivity contribution in [1.82, 2.24) is 0 Å². The van der Waals surface area contributed by atoms with Gasteiger partial charge in [0.05, 0.1) is 3.39 Å². The molecule has 0 aromatic heterocycles. The molecule has 2 aromatic rings. The Morgan fingerprint density at radius 2 is 1.40 bits per heavy atom. The van der Waals surface area contributed by atoms with Gasteiger partial charge < -0.3 is 4.43 Å². The molecule has 0 saturated heterocycles. The first-order valence-electron chi connectivity index (χ1n) is 8.55. The Kier molecular flexibility index (Phi) is 7.26. The van der Waals surface area contributed by atoms with Crippen molar-refractivity contribution in [2.45, 2.75) is 32.7 Å². The van der Waals surface area contributed by atoms with Crippen molar-refractivity contribution in [3.63, 3.8) is 0 Å². The fourth-order valence-corrected chi connectivity index (χ4v) is 8.85. The maximum Gasteiger partial charge on any atom is 0.261 e. The zero-order valence-electron chi connectivity index (χ0n) is 15.3. The molecule has 1 atom stereocenters. The Labute approximate surface area is 169 Å². The maximum absolute atomic E-state index is 6.88. The third-order valence-corrected chi connectivity index (χ3v) is 9.92. The fraction of sp³-hybridized carbons (Fsp3) is 0.333. The largest absolute Gasteiger partial charge is 0.407 e. The normalized spacial score (nSPS) is 13.4. The van der Waals surface area contributed by atoms with Crippen LogP contribution in [0.4, 0.5) is 0 Å². The Hall–Kier alpha value is -0.683. The maximum atomic E-state index is 6.88. The van der Waals surface area contributed by atoms with Crippen molar-refractivity contribution in [2.24, 2.45) is 5.92 Å². The van der Waals surface area contributed by atoms with E-state index < -0.39 is 8.32 Å². The zero-order valence-corrected chi connectivity index (χ0v) is 19.5. The van der Waals surface area contributed by atoms with Gasteiger partial charge in [0.15, 0.2) is 0 Å². The topological polar surface area (TPSA) is 9.23 Å². The van der Waals surface area contributed by atoms with Crippen molar-refractivity contribution in [3.05, 3.63) is 70.1 Å². The van der Waals surface area contributed by atoms with Gasteiger partial charge in [-0.1, -0.05) is 94.4 Å². The predicted molar refractivity (Wildman–Crippen MR) is 119 cm³/mol. The summed E-state index contributed by atoms with van der Waals surface area (Å²) >= 11 is 6.92. The van der Waals surface area contributed by atoms with Gasteiger partial charge in [-0.25, -0.2) is 0 Å². The molecule has 0 heterocycles. The Morgan fingerprint density at radius 1 is 0.960 bits per heavy atom. The number of halogens is 2. The van der Waals surface area contributed by atoms with Gasteiger partial charge in [0.2, 0.25) is 0 Å². The van der Waals surface area contributed by atoms with Gasteiger partial charge in [-0.05, 0) is 53.2 Å². The summed E-state index contributed by atoms with van der Waals surface area (Å²) in [5, 5.41) is 2.66. The first-order chi connectivity index (χ1) is 11.8. The molecular weight excluding hydrogens is 456 g/mol. The summed E-state index contributed by atoms with van der Waals surface area (Å²) in [6, 6.07) is 21.5. The zero-order chi connectivity index (χ0) is 18.5. The molecule has 0 spiro atoms. The van der Waals surface area contributed by atoms with Crippen LogP contribution in [-0.2, 0) is 4.43 Å². The molecule has 0 N–H and O–H groups in total. The van der Waals surface area contributed by atoms with Gasteiger partial charge in [0.25, 0.3) is 8.32 Å². The number of hydrogen-bond donors (Lipinski definition) is 0. The standard InChI is InChI=1S/C21H26Br2OSi/c1-17(15-20(22)23)16-24-25(21(2,3)4,18-11-7-5-8-12-18)19-13-9-6-10-14-19/h5-15,17H,16H2,1-4H3. The van der Waals surface area contributed by atoms with Crippen LogP contribution in [0.5, 0.6) is 0 Å². The summed E-state index contributed by atoms with van der Waals surface area (Å²) in [6.07, 6.45) is 2.14. The molecule has 0 aliphatic heterocycles. The van der Waals surface area contributed by atoms with E-state index in [1.165, 1.54) is 10.4 Å². The molecule has 0 radical (unpaired) electrons. The second-order valence-corrected chi connectivity index (χ2v) is 14.5. The monoisotopic (exact) mass is 480 g/mol. The lowest BCUT2D eigenvalue weighted by molar-refractivity contribution is 0.268. The van der Waals surface area contributed by atoms with Crippen LogP contribution in [0, 0.1) is 5.92 Å². The predicted octanol–water partition coefficient (Wildman–Crippen LogP) is 5.83. The fourth-order valence-electron chi connectivity index (χ4n) is 3.28. The van der Waals surface area contributed by atoms with Crippen molar-refractivity contribution >= 4 is 50.6 Å². The lowest BCUT2D eigenvalue weighted by Gasteiger charge is -2.43. The van der Waals surface area contributed by atoms with Crippen LogP contribution >= 0.6 is 31.9 Å². The minimum absolute atomic E-state index is 0.0186. The van der Waals surface area contributed by atoms with Gasteiger partial charge in [-0.2, -0.15) is 0 Å². The van der Waals surface area contributed by atoms with Crippen LogP contribution in [0.1, 0.15) is 27.7 Å². The first kappa shape index (κ1) is 20.6. The summed E-state index contributed by atoms with van der Waals surface area (Å²) in [5.74, 6) is 0.315. The lowest BCUT2D eigenvalue weighted by atomic mass is 10.2. The van der Waals surface area contributed by atoms with Gasteiger partial charge in [0, 0.05) is 6.61 Å². The van der Waals surface area contributed by atoms with Crippen LogP contribution in [0.25, 0.3) is 0 Å². The van der Waals surface area contributed by atoms with Crippen molar-refractivity contribution in [1.29, 1.82) is 0 Å². The summed E-state index contributed by atoms with van der Waals surface area (Å²) < 4.78 is 7.85. The highest BCUT2D eigenvalue weighted by Gasteiger charge is 2.50. The molecule has 0 aliphatic rings. The molecule has 0 aliphatic carbocycles. The average molecular weight is 482 g/mol. The summed E-state index contributed by atoms with van der Waals surface area (Å²) in [7, 11) is -2.42. The van der Waals surface area contributed by atoms with E-state index in [-0.39, 0.29) is 5.04 Å². The highest BCUT2D eigenvalue weighted by atomic mass is 79.9. The van der Waals surface area contributed by atoms with Gasteiger partial charge in [0.1, 0.15) is 0 Å². The van der Waals surface area contributed by atoms with E-state index in [1.807, 2.05) is 0 Å². The van der Waals surface area contributed by atoms with E-state index in [9.17, 15) is 0 Å². The molecule has 1 nitrogen and oxygen atoms in total. The van der Waals surface area contributed by atoms with Gasteiger partial charge in [-0.3, -0.25) is 0 Å². The Bertz CT molecular complexity index is 649. The molecule has 0 saturated carbocycles. The Morgan fingerprint density at radius 3 is 1.76 bits per heavy atom. The summed E-state index contributed by atoms with van der Waals surface area (Å²) in [6.45, 7) is 9.79. The van der Waals surface area contributed by atoms with E-state index in [4.69, 9.17) is 4.43 Å². The molecule has 0 fully saturated rings. The lowest BCUT2D eigenvalue weighted by Crippen LogP contribution is -2.66. The average Bonchev–Trinajstić information content (AvgIpc) is 2.55. The quantitative estimate of drug-likeness (QED) is 0.471. The van der Waals surface area contributed by atoms with E-state index in [2.05, 4.69) is 126 Å². The smallest absolute Gasteiger partial charge is 0.261 e. The highest BCUT2D eigenvalue weighted by molar-refractivity contribution is 9.28. The van der Waals surface area contributed by atoms with E-state index in [1.54, 1.807) is 0 Å². The molecular formula is C21H26Br2OSi. The Balaban J connectivity index is 2.55. The first-order valence-corrected chi connectivity index (χ1v) is 12.0. The molecule has 4 heteroatoms. The summed E-state index contributed by atoms with van der Waals surface area (Å²) in [5.41, 5.74) is 0. The third kappa shape index (κ3) is 4.94. The molecule has 2 rings (SSSR count). The van der Waals surface area contributed by atoms with Crippen molar-refractivity contribution in [2.75, 3.05) is 6.61 Å². The second-order valence-electron chi connectivity index (χ2n) is 7.41. The minimum Gasteiger partial charge on any atom is -0.407 e. The number of rotatable bonds is 6. The second kappa shape index (κ2) is 8.80. The molecule has 0 bridgehead atoms. The van der Waals surface area contributed by atoms with Crippen LogP contribution in [0.15, 0.2) is 70.1 Å². The van der Waals surface area contributed by atoms with E-state index >= 15 is 0 Å². The molecule has 1 unspecified atom stereocenters. The SMILES string of the molecule is CC(C=C(Br)Br)CO[Si](c1ccccc1)(c1ccccc1)C(C)(C)C. The molecule has 2 aromatic carbocycles. The van der Waals surface area contributed by atoms with Crippen molar-refractivity contribution < 1.29 is 4.43 Å². The summed E-state index contributed by atoms with van der Waals surface area (Å²) in [4.78, 5) is 0. The molecule has 25 heavy (non-hydrogen) atoms. The van der Waals surface area contributed by atoms with Crippen molar-refractivity contribution in [3.8, 4) is 0 Å². The van der Waals surface area contributed by atoms with Crippen LogP contribution in [0.3, 0.4) is 0 Å². The van der Waals surface area contributed by atoms with Crippen LogP contribution in [0.2, 0.25) is 5.04 Å².